The van der Waals surface area contributed by atoms with Crippen LogP contribution >= 0.6 is 27.5 Å². The molecule has 0 aliphatic carbocycles. The number of anilines is 1. The van der Waals surface area contributed by atoms with E-state index < -0.39 is 0 Å². The Morgan fingerprint density at radius 2 is 2.24 bits per heavy atom. The molecule has 0 amide bonds. The van der Waals surface area contributed by atoms with Gasteiger partial charge in [0.2, 0.25) is 0 Å². The van der Waals surface area contributed by atoms with Crippen molar-refractivity contribution in [2.75, 3.05) is 18.4 Å². The molecule has 17 heavy (non-hydrogen) atoms. The molecule has 0 radical (unpaired) electrons. The minimum absolute atomic E-state index is 0.521. The average molecular weight is 318 g/mol. The molecule has 1 fully saturated rings. The molecule has 2 nitrogen and oxygen atoms in total. The second-order valence-corrected chi connectivity index (χ2v) is 6.13. The molecule has 0 saturated carbocycles. The summed E-state index contributed by atoms with van der Waals surface area (Å²) in [6.07, 6.45) is 1.19. The molecule has 1 heterocycles. The monoisotopic (exact) mass is 316 g/mol. The van der Waals surface area contributed by atoms with Crippen molar-refractivity contribution in [1.29, 1.82) is 0 Å². The molecule has 1 aliphatic heterocycles. The van der Waals surface area contributed by atoms with Crippen LogP contribution in [0.1, 0.15) is 20.3 Å². The first-order chi connectivity index (χ1) is 8.06. The summed E-state index contributed by atoms with van der Waals surface area (Å²) in [7, 11) is 0. The molecular formula is C13H18BrClN2. The van der Waals surface area contributed by atoms with Gasteiger partial charge in [0, 0.05) is 34.7 Å². The first-order valence-corrected chi connectivity index (χ1v) is 7.19. The van der Waals surface area contributed by atoms with E-state index in [0.29, 0.717) is 12.1 Å². The number of nitrogens with zero attached hydrogens (tertiary/aromatic N) is 1. The SMILES string of the molecule is CC(C)N1CCC(Nc2cc(Cl)ccc2Br)C1. The number of benzene rings is 1. The van der Waals surface area contributed by atoms with Crippen molar-refractivity contribution in [3.63, 3.8) is 0 Å². The van der Waals surface area contributed by atoms with Gasteiger partial charge in [-0.25, -0.2) is 0 Å². The predicted molar refractivity (Wildman–Crippen MR) is 77.9 cm³/mol. The third-order valence-electron chi connectivity index (χ3n) is 3.24. The van der Waals surface area contributed by atoms with Crippen molar-refractivity contribution >= 4 is 33.2 Å². The van der Waals surface area contributed by atoms with Gasteiger partial charge in [-0.15, -0.1) is 0 Å². The molecule has 1 aromatic rings. The van der Waals surface area contributed by atoms with Crippen LogP contribution in [0.2, 0.25) is 5.02 Å². The number of likely N-dealkylation sites (tertiary alicyclic amines) is 1. The van der Waals surface area contributed by atoms with E-state index in [0.717, 1.165) is 21.7 Å². The third kappa shape index (κ3) is 3.36. The molecule has 1 aromatic carbocycles. The largest absolute Gasteiger partial charge is 0.380 e. The van der Waals surface area contributed by atoms with Crippen LogP contribution in [0.4, 0.5) is 5.69 Å². The number of hydrogen-bond donors (Lipinski definition) is 1. The molecule has 2 rings (SSSR count). The summed E-state index contributed by atoms with van der Waals surface area (Å²) in [5.41, 5.74) is 1.09. The van der Waals surface area contributed by atoms with Crippen molar-refractivity contribution < 1.29 is 0 Å². The summed E-state index contributed by atoms with van der Waals surface area (Å²) in [4.78, 5) is 2.50. The van der Waals surface area contributed by atoms with Crippen molar-refractivity contribution in [2.45, 2.75) is 32.4 Å². The maximum absolute atomic E-state index is 6.01. The first-order valence-electron chi connectivity index (χ1n) is 6.02. The van der Waals surface area contributed by atoms with Crippen LogP contribution in [0.25, 0.3) is 0 Å². The summed E-state index contributed by atoms with van der Waals surface area (Å²) in [6, 6.07) is 7.01. The topological polar surface area (TPSA) is 15.3 Å². The highest BCUT2D eigenvalue weighted by Gasteiger charge is 2.24. The molecule has 0 aromatic heterocycles. The highest BCUT2D eigenvalue weighted by Crippen LogP contribution is 2.28. The Bertz CT molecular complexity index is 395. The molecule has 0 spiro atoms. The number of nitrogens with one attached hydrogen (secondary N) is 1. The Morgan fingerprint density at radius 1 is 1.47 bits per heavy atom. The zero-order valence-electron chi connectivity index (χ0n) is 10.2. The van der Waals surface area contributed by atoms with Gasteiger partial charge in [0.25, 0.3) is 0 Å². The van der Waals surface area contributed by atoms with Crippen LogP contribution < -0.4 is 5.32 Å². The van der Waals surface area contributed by atoms with Crippen LogP contribution in [0.3, 0.4) is 0 Å². The Kier molecular flexibility index (Phi) is 4.34. The second kappa shape index (κ2) is 5.59. The fourth-order valence-electron chi connectivity index (χ4n) is 2.20. The molecule has 1 atom stereocenters. The van der Waals surface area contributed by atoms with Crippen LogP contribution in [0, 0.1) is 0 Å². The highest BCUT2D eigenvalue weighted by molar-refractivity contribution is 9.10. The van der Waals surface area contributed by atoms with Crippen LogP contribution in [0.5, 0.6) is 0 Å². The van der Waals surface area contributed by atoms with Gasteiger partial charge in [-0.1, -0.05) is 11.6 Å². The predicted octanol–water partition coefficient (Wildman–Crippen LogP) is 4.00. The maximum atomic E-state index is 6.01. The first kappa shape index (κ1) is 13.2. The van der Waals surface area contributed by atoms with Crippen molar-refractivity contribution in [1.82, 2.24) is 4.90 Å². The van der Waals surface area contributed by atoms with E-state index in [2.05, 4.69) is 40.0 Å². The number of rotatable bonds is 3. The van der Waals surface area contributed by atoms with Crippen molar-refractivity contribution in [3.05, 3.63) is 27.7 Å². The molecule has 1 N–H and O–H groups in total. The Hall–Kier alpha value is -0.250. The smallest absolute Gasteiger partial charge is 0.0502 e. The summed E-state index contributed by atoms with van der Waals surface area (Å²) in [5.74, 6) is 0. The van der Waals surface area contributed by atoms with Gasteiger partial charge >= 0.3 is 0 Å². The van der Waals surface area contributed by atoms with E-state index in [9.17, 15) is 0 Å². The normalized spacial score (nSPS) is 21.1. The van der Waals surface area contributed by atoms with E-state index >= 15 is 0 Å². The third-order valence-corrected chi connectivity index (χ3v) is 4.16. The number of hydrogen-bond acceptors (Lipinski definition) is 2. The van der Waals surface area contributed by atoms with Crippen LogP contribution in [0.15, 0.2) is 22.7 Å². The zero-order chi connectivity index (χ0) is 12.4. The van der Waals surface area contributed by atoms with Gasteiger partial charge in [-0.3, -0.25) is 4.90 Å². The van der Waals surface area contributed by atoms with Crippen LogP contribution in [-0.4, -0.2) is 30.1 Å². The fourth-order valence-corrected chi connectivity index (χ4v) is 2.74. The Morgan fingerprint density at radius 3 is 2.88 bits per heavy atom. The van der Waals surface area contributed by atoms with E-state index in [1.807, 2.05) is 18.2 Å². The quantitative estimate of drug-likeness (QED) is 0.906. The van der Waals surface area contributed by atoms with Gasteiger partial charge in [0.15, 0.2) is 0 Å². The minimum atomic E-state index is 0.521. The van der Waals surface area contributed by atoms with Gasteiger partial charge in [-0.2, -0.15) is 0 Å². The molecule has 1 unspecified atom stereocenters. The summed E-state index contributed by atoms with van der Waals surface area (Å²) >= 11 is 9.56. The molecule has 1 saturated heterocycles. The van der Waals surface area contributed by atoms with Gasteiger partial charge in [0.1, 0.15) is 0 Å². The van der Waals surface area contributed by atoms with Gasteiger partial charge in [-0.05, 0) is 54.4 Å². The summed E-state index contributed by atoms with van der Waals surface area (Å²) in [6.45, 7) is 6.78. The summed E-state index contributed by atoms with van der Waals surface area (Å²) in [5, 5.41) is 4.33. The molecular weight excluding hydrogens is 300 g/mol. The van der Waals surface area contributed by atoms with E-state index in [-0.39, 0.29) is 0 Å². The minimum Gasteiger partial charge on any atom is -0.380 e. The Balaban J connectivity index is 2.00. The van der Waals surface area contributed by atoms with Crippen molar-refractivity contribution in [3.8, 4) is 0 Å². The lowest BCUT2D eigenvalue weighted by Gasteiger charge is -2.21. The van der Waals surface area contributed by atoms with Gasteiger partial charge in [0.05, 0.1) is 5.69 Å². The highest BCUT2D eigenvalue weighted by atomic mass is 79.9. The van der Waals surface area contributed by atoms with Crippen LogP contribution in [-0.2, 0) is 0 Å². The van der Waals surface area contributed by atoms with E-state index in [1.54, 1.807) is 0 Å². The van der Waals surface area contributed by atoms with E-state index in [4.69, 9.17) is 11.6 Å². The van der Waals surface area contributed by atoms with E-state index in [1.165, 1.54) is 13.0 Å². The lowest BCUT2D eigenvalue weighted by atomic mass is 10.2. The molecule has 4 heteroatoms. The lowest BCUT2D eigenvalue weighted by Crippen LogP contribution is -2.31. The standard InChI is InChI=1S/C13H18BrClN2/c1-9(2)17-6-5-11(8-17)16-13-7-10(15)3-4-12(13)14/h3-4,7,9,11,16H,5-6,8H2,1-2H3. The fraction of sp³-hybridized carbons (Fsp3) is 0.538. The lowest BCUT2D eigenvalue weighted by molar-refractivity contribution is 0.274. The zero-order valence-corrected chi connectivity index (χ0v) is 12.6. The average Bonchev–Trinajstić information content (AvgIpc) is 2.72. The van der Waals surface area contributed by atoms with Gasteiger partial charge < -0.3 is 5.32 Å². The maximum Gasteiger partial charge on any atom is 0.0502 e. The second-order valence-electron chi connectivity index (χ2n) is 4.84. The number of halogens is 2. The molecule has 94 valence electrons. The molecule has 0 bridgehead atoms. The Labute approximate surface area is 116 Å². The molecule has 1 aliphatic rings. The summed E-state index contributed by atoms with van der Waals surface area (Å²) < 4.78 is 1.07. The van der Waals surface area contributed by atoms with Crippen molar-refractivity contribution in [2.24, 2.45) is 0 Å².